The van der Waals surface area contributed by atoms with Crippen molar-refractivity contribution in [3.63, 3.8) is 0 Å². The van der Waals surface area contributed by atoms with Gasteiger partial charge in [-0.25, -0.2) is 0 Å². The second kappa shape index (κ2) is 7.09. The topological polar surface area (TPSA) is 61.5 Å². The van der Waals surface area contributed by atoms with E-state index in [0.29, 0.717) is 12.4 Å². The van der Waals surface area contributed by atoms with E-state index in [2.05, 4.69) is 0 Å². The first-order valence-electron chi connectivity index (χ1n) is 5.39. The molecular formula is C10H19NO3S. The maximum atomic E-state index is 11.2. The molecule has 0 spiro atoms. The Labute approximate surface area is 94.9 Å². The Morgan fingerprint density at radius 3 is 3.07 bits per heavy atom. The molecule has 1 aliphatic rings. The van der Waals surface area contributed by atoms with Crippen LogP contribution in [-0.4, -0.2) is 36.4 Å². The van der Waals surface area contributed by atoms with Gasteiger partial charge in [0.2, 0.25) is 0 Å². The molecule has 15 heavy (non-hydrogen) atoms. The molecule has 5 heteroatoms. The second-order valence-electron chi connectivity index (χ2n) is 3.49. The number of esters is 1. The van der Waals surface area contributed by atoms with Crippen molar-refractivity contribution < 1.29 is 14.3 Å². The van der Waals surface area contributed by atoms with E-state index in [1.54, 1.807) is 18.7 Å². The summed E-state index contributed by atoms with van der Waals surface area (Å²) in [6, 6.07) is -0.527. The van der Waals surface area contributed by atoms with Crippen LogP contribution in [0.2, 0.25) is 0 Å². The number of carbonyl (C=O) groups is 1. The van der Waals surface area contributed by atoms with Gasteiger partial charge in [0.1, 0.15) is 11.5 Å². The molecule has 1 rings (SSSR count). The summed E-state index contributed by atoms with van der Waals surface area (Å²) in [5.41, 5.74) is 5.88. The number of hydrogen-bond donors (Lipinski definition) is 1. The zero-order valence-electron chi connectivity index (χ0n) is 9.11. The average molecular weight is 233 g/mol. The van der Waals surface area contributed by atoms with Gasteiger partial charge in [-0.1, -0.05) is 0 Å². The van der Waals surface area contributed by atoms with Crippen LogP contribution in [0.5, 0.6) is 0 Å². The van der Waals surface area contributed by atoms with Crippen molar-refractivity contribution in [3.05, 3.63) is 0 Å². The van der Waals surface area contributed by atoms with Crippen LogP contribution in [-0.2, 0) is 14.3 Å². The van der Waals surface area contributed by atoms with E-state index in [-0.39, 0.29) is 11.4 Å². The molecule has 1 heterocycles. The maximum absolute atomic E-state index is 11.2. The Kier molecular flexibility index (Phi) is 6.05. The molecule has 1 saturated heterocycles. The molecule has 2 atom stereocenters. The molecule has 0 aliphatic carbocycles. The Morgan fingerprint density at radius 1 is 1.67 bits per heavy atom. The first kappa shape index (κ1) is 12.8. The maximum Gasteiger partial charge on any atom is 0.323 e. The number of nitrogens with two attached hydrogens (primary N) is 1. The molecule has 2 unspecified atom stereocenters. The lowest BCUT2D eigenvalue weighted by atomic mass is 10.2. The van der Waals surface area contributed by atoms with Gasteiger partial charge >= 0.3 is 5.97 Å². The van der Waals surface area contributed by atoms with Gasteiger partial charge in [0.25, 0.3) is 0 Å². The summed E-state index contributed by atoms with van der Waals surface area (Å²) < 4.78 is 10.3. The van der Waals surface area contributed by atoms with Crippen molar-refractivity contribution in [2.45, 2.75) is 37.7 Å². The highest BCUT2D eigenvalue weighted by Gasteiger charge is 2.19. The van der Waals surface area contributed by atoms with Gasteiger partial charge in [-0.05, 0) is 26.2 Å². The molecule has 2 N–H and O–H groups in total. The molecule has 88 valence electrons. The van der Waals surface area contributed by atoms with E-state index in [9.17, 15) is 4.79 Å². The minimum atomic E-state index is -0.527. The molecule has 1 aliphatic heterocycles. The van der Waals surface area contributed by atoms with E-state index in [1.165, 1.54) is 6.42 Å². The molecule has 0 aromatic rings. The van der Waals surface area contributed by atoms with Gasteiger partial charge in [-0.15, -0.1) is 11.8 Å². The molecule has 0 aromatic carbocycles. The number of ether oxygens (including phenoxy) is 2. The third-order valence-electron chi connectivity index (χ3n) is 2.19. The third kappa shape index (κ3) is 4.86. The SMILES string of the molecule is CCOC(=O)C(N)CSC1CCCCO1. The fourth-order valence-corrected chi connectivity index (χ4v) is 2.45. The van der Waals surface area contributed by atoms with Crippen LogP contribution in [0.25, 0.3) is 0 Å². The van der Waals surface area contributed by atoms with Gasteiger partial charge in [-0.2, -0.15) is 0 Å². The van der Waals surface area contributed by atoms with Gasteiger partial charge in [0.15, 0.2) is 0 Å². The van der Waals surface area contributed by atoms with Crippen LogP contribution in [0.3, 0.4) is 0 Å². The highest BCUT2D eigenvalue weighted by atomic mass is 32.2. The van der Waals surface area contributed by atoms with Crippen LogP contribution >= 0.6 is 11.8 Å². The second-order valence-corrected chi connectivity index (χ2v) is 4.68. The van der Waals surface area contributed by atoms with Crippen LogP contribution in [0.15, 0.2) is 0 Å². The third-order valence-corrected chi connectivity index (χ3v) is 3.48. The summed E-state index contributed by atoms with van der Waals surface area (Å²) in [6.07, 6.45) is 3.40. The van der Waals surface area contributed by atoms with E-state index in [1.807, 2.05) is 0 Å². The Balaban J connectivity index is 2.14. The summed E-state index contributed by atoms with van der Waals surface area (Å²) in [7, 11) is 0. The summed E-state index contributed by atoms with van der Waals surface area (Å²) >= 11 is 1.61. The van der Waals surface area contributed by atoms with Crippen LogP contribution in [0, 0.1) is 0 Å². The zero-order chi connectivity index (χ0) is 11.1. The summed E-state index contributed by atoms with van der Waals surface area (Å²) in [5.74, 6) is 0.254. The fraction of sp³-hybridized carbons (Fsp3) is 0.900. The predicted octanol–water partition coefficient (Wildman–Crippen LogP) is 1.14. The van der Waals surface area contributed by atoms with Gasteiger partial charge in [0.05, 0.1) is 6.61 Å². The van der Waals surface area contributed by atoms with Gasteiger partial charge < -0.3 is 15.2 Å². The number of rotatable bonds is 5. The summed E-state index contributed by atoms with van der Waals surface area (Å²) in [5, 5.41) is 0. The van der Waals surface area contributed by atoms with E-state index in [0.717, 1.165) is 19.4 Å². The molecule has 4 nitrogen and oxygen atoms in total. The van der Waals surface area contributed by atoms with E-state index >= 15 is 0 Å². The van der Waals surface area contributed by atoms with Gasteiger partial charge in [-0.3, -0.25) is 4.79 Å². The summed E-state index contributed by atoms with van der Waals surface area (Å²) in [6.45, 7) is 2.99. The first-order chi connectivity index (χ1) is 7.24. The lowest BCUT2D eigenvalue weighted by Crippen LogP contribution is -2.35. The minimum absolute atomic E-state index is 0.208. The molecule has 0 amide bonds. The number of carbonyl (C=O) groups excluding carboxylic acids is 1. The molecular weight excluding hydrogens is 214 g/mol. The molecule has 0 bridgehead atoms. The first-order valence-corrected chi connectivity index (χ1v) is 6.44. The van der Waals surface area contributed by atoms with Crippen molar-refractivity contribution >= 4 is 17.7 Å². The van der Waals surface area contributed by atoms with Crippen LogP contribution in [0.4, 0.5) is 0 Å². The highest BCUT2D eigenvalue weighted by Crippen LogP contribution is 2.23. The fourth-order valence-electron chi connectivity index (χ4n) is 1.37. The lowest BCUT2D eigenvalue weighted by molar-refractivity contribution is -0.144. The van der Waals surface area contributed by atoms with Crippen molar-refractivity contribution in [2.75, 3.05) is 19.0 Å². The predicted molar refractivity (Wildman–Crippen MR) is 60.7 cm³/mol. The van der Waals surface area contributed by atoms with Gasteiger partial charge in [0, 0.05) is 12.4 Å². The molecule has 0 saturated carbocycles. The minimum Gasteiger partial charge on any atom is -0.465 e. The Morgan fingerprint density at radius 2 is 2.47 bits per heavy atom. The largest absolute Gasteiger partial charge is 0.465 e. The average Bonchev–Trinajstić information content (AvgIpc) is 2.27. The van der Waals surface area contributed by atoms with E-state index in [4.69, 9.17) is 15.2 Å². The molecule has 0 aromatic heterocycles. The lowest BCUT2D eigenvalue weighted by Gasteiger charge is -2.22. The standard InChI is InChI=1S/C10H19NO3S/c1-2-13-10(12)8(11)7-15-9-5-3-4-6-14-9/h8-9H,2-7,11H2,1H3. The van der Waals surface area contributed by atoms with Crippen molar-refractivity contribution in [3.8, 4) is 0 Å². The number of thioether (sulfide) groups is 1. The zero-order valence-corrected chi connectivity index (χ0v) is 9.92. The van der Waals surface area contributed by atoms with Crippen molar-refractivity contribution in [1.82, 2.24) is 0 Å². The molecule has 1 fully saturated rings. The Bertz CT molecular complexity index is 195. The normalized spacial score (nSPS) is 23.5. The van der Waals surface area contributed by atoms with Crippen molar-refractivity contribution in [1.29, 1.82) is 0 Å². The van der Waals surface area contributed by atoms with Crippen LogP contribution < -0.4 is 5.73 Å². The quantitative estimate of drug-likeness (QED) is 0.721. The summed E-state index contributed by atoms with van der Waals surface area (Å²) in [4.78, 5) is 11.2. The smallest absolute Gasteiger partial charge is 0.323 e. The number of hydrogen-bond acceptors (Lipinski definition) is 5. The van der Waals surface area contributed by atoms with E-state index < -0.39 is 6.04 Å². The Hall–Kier alpha value is -0.260. The van der Waals surface area contributed by atoms with Crippen molar-refractivity contribution in [2.24, 2.45) is 5.73 Å². The highest BCUT2D eigenvalue weighted by molar-refractivity contribution is 7.99. The monoisotopic (exact) mass is 233 g/mol. The molecule has 0 radical (unpaired) electrons. The van der Waals surface area contributed by atoms with Crippen LogP contribution in [0.1, 0.15) is 26.2 Å².